The highest BCUT2D eigenvalue weighted by Gasteiger charge is 2.30. The molecule has 1 aromatic carbocycles. The Labute approximate surface area is 187 Å². The quantitative estimate of drug-likeness (QED) is 0.291. The van der Waals surface area contributed by atoms with E-state index in [1.807, 2.05) is 6.08 Å². The van der Waals surface area contributed by atoms with Crippen LogP contribution >= 0.6 is 0 Å². The molecule has 0 heterocycles. The third kappa shape index (κ3) is 9.07. The van der Waals surface area contributed by atoms with E-state index in [1.165, 1.54) is 51.4 Å². The molecule has 2 fully saturated rings. The monoisotopic (exact) mass is 466 g/mol. The summed E-state index contributed by atoms with van der Waals surface area (Å²) in [5.41, 5.74) is 0. The van der Waals surface area contributed by atoms with E-state index in [1.54, 1.807) is 0 Å². The van der Waals surface area contributed by atoms with Gasteiger partial charge in [0.05, 0.1) is 20.5 Å². The molecule has 0 aliphatic heterocycles. The molecule has 32 heavy (non-hydrogen) atoms. The molecule has 0 radical (unpaired) electrons. The topological polar surface area (TPSA) is 9.23 Å². The smallest absolute Gasteiger partial charge is 0.190 e. The first-order valence-electron chi connectivity index (χ1n) is 11.5. The van der Waals surface area contributed by atoms with Crippen molar-refractivity contribution in [2.45, 2.75) is 64.2 Å². The maximum absolute atomic E-state index is 12.5. The van der Waals surface area contributed by atoms with Gasteiger partial charge in [-0.1, -0.05) is 25.0 Å². The molecular formula is C25H36F6O. The van der Waals surface area contributed by atoms with Crippen molar-refractivity contribution < 1.29 is 31.4 Å². The lowest BCUT2D eigenvalue weighted by Crippen LogP contribution is -2.25. The predicted molar refractivity (Wildman–Crippen MR) is 117 cm³/mol. The molecule has 0 aromatic heterocycles. The number of hydrogen-bond donors (Lipinski definition) is 0. The van der Waals surface area contributed by atoms with Gasteiger partial charge < -0.3 is 4.74 Å². The summed E-state index contributed by atoms with van der Waals surface area (Å²) in [6.07, 6.45) is 16.1. The van der Waals surface area contributed by atoms with Crippen LogP contribution in [0.2, 0.25) is 0 Å². The lowest BCUT2D eigenvalue weighted by molar-refractivity contribution is 0.149. The Bertz CT molecular complexity index is 641. The molecule has 3 rings (SSSR count). The Morgan fingerprint density at radius 3 is 1.84 bits per heavy atom. The summed E-state index contributed by atoms with van der Waals surface area (Å²) in [4.78, 5) is 0. The highest BCUT2D eigenvalue weighted by molar-refractivity contribution is 5.26. The van der Waals surface area contributed by atoms with Crippen LogP contribution in [0.1, 0.15) is 64.2 Å². The van der Waals surface area contributed by atoms with Gasteiger partial charge in [-0.25, -0.2) is 13.2 Å². The Hall–Kier alpha value is -1.66. The van der Waals surface area contributed by atoms with Gasteiger partial charge in [0, 0.05) is 12.1 Å². The SMILES string of the molecule is COc1c(F)cc(F)cc1F.F.FCC/C=C/C1CCC(C2CCC(CCF)CC2)CC1. The van der Waals surface area contributed by atoms with E-state index in [2.05, 4.69) is 10.8 Å². The van der Waals surface area contributed by atoms with Gasteiger partial charge in [-0.05, 0) is 75.0 Å². The number of benzene rings is 1. The van der Waals surface area contributed by atoms with Crippen molar-refractivity contribution >= 4 is 0 Å². The van der Waals surface area contributed by atoms with Crippen LogP contribution in [-0.2, 0) is 0 Å². The minimum absolute atomic E-state index is 0. The van der Waals surface area contributed by atoms with E-state index in [9.17, 15) is 22.0 Å². The molecule has 0 N–H and O–H groups in total. The van der Waals surface area contributed by atoms with Gasteiger partial charge in [0.1, 0.15) is 5.82 Å². The van der Waals surface area contributed by atoms with E-state index in [0.717, 1.165) is 25.4 Å². The minimum atomic E-state index is -1.04. The number of halogens is 6. The Kier molecular flexibility index (Phi) is 13.5. The number of methoxy groups -OCH3 is 1. The molecule has 184 valence electrons. The number of alkyl halides is 2. The molecule has 1 aromatic rings. The molecule has 2 saturated carbocycles. The fourth-order valence-electron chi connectivity index (χ4n) is 4.99. The fraction of sp³-hybridized carbons (Fsp3) is 0.680. The van der Waals surface area contributed by atoms with E-state index in [-0.39, 0.29) is 18.1 Å². The van der Waals surface area contributed by atoms with Crippen LogP contribution < -0.4 is 4.74 Å². The zero-order valence-corrected chi connectivity index (χ0v) is 18.8. The summed E-state index contributed by atoms with van der Waals surface area (Å²) in [7, 11) is 1.11. The van der Waals surface area contributed by atoms with Crippen LogP contribution in [0.3, 0.4) is 0 Å². The standard InChI is InChI=1S/C18H30F2.C7H5F3O.FH/c19-13-2-1-3-15-4-8-17(9-5-15)18-10-6-16(7-11-18)12-14-20;1-11-7-5(9)2-4(8)3-6(7)10;/h1,3,15-18H,2,4-14H2;2-3H,1H3;1H/b3-1+;;. The molecule has 1 nitrogen and oxygen atoms in total. The van der Waals surface area contributed by atoms with Crippen LogP contribution in [0.4, 0.5) is 26.7 Å². The van der Waals surface area contributed by atoms with Crippen molar-refractivity contribution in [1.29, 1.82) is 0 Å². The highest BCUT2D eigenvalue weighted by atomic mass is 19.2. The second-order valence-corrected chi connectivity index (χ2v) is 8.74. The van der Waals surface area contributed by atoms with Crippen molar-refractivity contribution in [2.24, 2.45) is 23.7 Å². The summed E-state index contributed by atoms with van der Waals surface area (Å²) in [6, 6.07) is 1.11. The number of ether oxygens (including phenoxy) is 1. The van der Waals surface area contributed by atoms with Crippen molar-refractivity contribution in [3.63, 3.8) is 0 Å². The predicted octanol–water partition coefficient (Wildman–Crippen LogP) is 8.14. The third-order valence-corrected chi connectivity index (χ3v) is 6.74. The maximum Gasteiger partial charge on any atom is 0.190 e. The second kappa shape index (κ2) is 15.2. The van der Waals surface area contributed by atoms with Gasteiger partial charge in [-0.15, -0.1) is 0 Å². The molecule has 0 saturated heterocycles. The summed E-state index contributed by atoms with van der Waals surface area (Å²) >= 11 is 0. The molecule has 0 unspecified atom stereocenters. The van der Waals surface area contributed by atoms with Crippen LogP contribution in [0.15, 0.2) is 24.3 Å². The molecule has 2 aliphatic carbocycles. The van der Waals surface area contributed by atoms with Crippen molar-refractivity contribution in [2.75, 3.05) is 20.5 Å². The zero-order valence-electron chi connectivity index (χ0n) is 18.8. The van der Waals surface area contributed by atoms with Crippen LogP contribution in [0, 0.1) is 41.1 Å². The number of rotatable bonds is 7. The van der Waals surface area contributed by atoms with E-state index in [4.69, 9.17) is 0 Å². The van der Waals surface area contributed by atoms with Gasteiger partial charge in [0.25, 0.3) is 0 Å². The average molecular weight is 467 g/mol. The molecule has 0 atom stereocenters. The van der Waals surface area contributed by atoms with Gasteiger partial charge in [-0.3, -0.25) is 13.5 Å². The Morgan fingerprint density at radius 2 is 1.38 bits per heavy atom. The minimum Gasteiger partial charge on any atom is -0.491 e. The van der Waals surface area contributed by atoms with Crippen molar-refractivity contribution in [3.8, 4) is 5.75 Å². The summed E-state index contributed by atoms with van der Waals surface area (Å²) in [5, 5.41) is 0. The maximum atomic E-state index is 12.5. The van der Waals surface area contributed by atoms with Gasteiger partial charge in [0.2, 0.25) is 0 Å². The summed E-state index contributed by atoms with van der Waals surface area (Å²) in [6.45, 7) is -0.361. The van der Waals surface area contributed by atoms with Crippen molar-refractivity contribution in [1.82, 2.24) is 0 Å². The first-order valence-corrected chi connectivity index (χ1v) is 11.5. The second-order valence-electron chi connectivity index (χ2n) is 8.74. The Morgan fingerprint density at radius 1 is 0.844 bits per heavy atom. The van der Waals surface area contributed by atoms with Crippen LogP contribution in [0.5, 0.6) is 5.75 Å². The summed E-state index contributed by atoms with van der Waals surface area (Å²) in [5.74, 6) is -0.423. The average Bonchev–Trinajstić information content (AvgIpc) is 2.75. The third-order valence-electron chi connectivity index (χ3n) is 6.74. The normalized spacial score (nSPS) is 25.6. The fourth-order valence-corrected chi connectivity index (χ4v) is 4.99. The van der Waals surface area contributed by atoms with Gasteiger partial charge in [0.15, 0.2) is 17.4 Å². The molecule has 7 heteroatoms. The van der Waals surface area contributed by atoms with E-state index < -0.39 is 23.2 Å². The van der Waals surface area contributed by atoms with Crippen molar-refractivity contribution in [3.05, 3.63) is 41.7 Å². The molecule has 0 spiro atoms. The Balaban J connectivity index is 0.000000364. The molecular weight excluding hydrogens is 430 g/mol. The molecule has 0 bridgehead atoms. The molecule has 2 aliphatic rings. The van der Waals surface area contributed by atoms with E-state index in [0.29, 0.717) is 30.4 Å². The van der Waals surface area contributed by atoms with Gasteiger partial charge >= 0.3 is 0 Å². The lowest BCUT2D eigenvalue weighted by Gasteiger charge is -2.37. The number of hydrogen-bond acceptors (Lipinski definition) is 1. The summed E-state index contributed by atoms with van der Waals surface area (Å²) < 4.78 is 66.0. The lowest BCUT2D eigenvalue weighted by atomic mass is 9.69. The first-order chi connectivity index (χ1) is 15.0. The largest absolute Gasteiger partial charge is 0.491 e. The molecule has 0 amide bonds. The first kappa shape index (κ1) is 28.4. The zero-order chi connectivity index (χ0) is 22.6. The highest BCUT2D eigenvalue weighted by Crippen LogP contribution is 2.42. The number of allylic oxidation sites excluding steroid dienone is 2. The van der Waals surface area contributed by atoms with Gasteiger partial charge in [-0.2, -0.15) is 0 Å². The van der Waals surface area contributed by atoms with Crippen LogP contribution in [-0.4, -0.2) is 20.5 Å². The van der Waals surface area contributed by atoms with E-state index >= 15 is 0 Å². The van der Waals surface area contributed by atoms with Crippen LogP contribution in [0.25, 0.3) is 0 Å².